The Hall–Kier alpha value is -2.58. The van der Waals surface area contributed by atoms with Crippen molar-refractivity contribution in [2.45, 2.75) is 31.8 Å². The molecule has 1 aliphatic carbocycles. The summed E-state index contributed by atoms with van der Waals surface area (Å²) in [4.78, 5) is 27.6. The van der Waals surface area contributed by atoms with Gasteiger partial charge in [-0.3, -0.25) is 14.5 Å². The smallest absolute Gasteiger partial charge is 0.251 e. The van der Waals surface area contributed by atoms with E-state index in [-0.39, 0.29) is 18.6 Å². The van der Waals surface area contributed by atoms with Crippen molar-refractivity contribution in [1.29, 1.82) is 0 Å². The number of carbonyl (C=O) groups is 2. The Labute approximate surface area is 173 Å². The molecule has 4 rings (SSSR count). The maximum Gasteiger partial charge on any atom is 0.251 e. The molecule has 2 aromatic rings. The molecule has 2 amide bonds. The zero-order chi connectivity index (χ0) is 20.4. The van der Waals surface area contributed by atoms with Gasteiger partial charge in [-0.25, -0.2) is 0 Å². The van der Waals surface area contributed by atoms with Gasteiger partial charge in [0.25, 0.3) is 5.91 Å². The highest BCUT2D eigenvalue weighted by molar-refractivity contribution is 7.17. The molecule has 2 heterocycles. The Morgan fingerprint density at radius 1 is 1.24 bits per heavy atom. The Morgan fingerprint density at radius 3 is 2.79 bits per heavy atom. The number of thiophene rings is 1. The van der Waals surface area contributed by atoms with Crippen molar-refractivity contribution >= 4 is 28.2 Å². The average Bonchev–Trinajstić information content (AvgIpc) is 3.05. The standard InChI is InChI=1S/C21H25N3O4S/c1-24(10-13-12-27-15-7-3-4-8-16(15)28-13)11-18(25)23-21-19(20(22)26)14-6-2-5-9-17(14)29-21/h3-4,7-8,13H,2,5-6,9-12H2,1H3,(H2,22,26)(H,23,25). The lowest BCUT2D eigenvalue weighted by Crippen LogP contribution is -2.42. The minimum Gasteiger partial charge on any atom is -0.486 e. The first-order chi connectivity index (χ1) is 14.0. The molecule has 0 radical (unpaired) electrons. The van der Waals surface area contributed by atoms with E-state index < -0.39 is 5.91 Å². The number of fused-ring (bicyclic) bond motifs is 2. The molecule has 1 aliphatic heterocycles. The quantitative estimate of drug-likeness (QED) is 0.756. The number of ether oxygens (including phenoxy) is 2. The number of primary amides is 1. The normalized spacial score (nSPS) is 17.7. The molecule has 1 aromatic heterocycles. The van der Waals surface area contributed by atoms with Crippen LogP contribution in [0.1, 0.15) is 33.6 Å². The number of para-hydroxylation sites is 2. The van der Waals surface area contributed by atoms with E-state index in [4.69, 9.17) is 15.2 Å². The van der Waals surface area contributed by atoms with Gasteiger partial charge in [-0.05, 0) is 50.4 Å². The fourth-order valence-corrected chi connectivity index (χ4v) is 5.20. The summed E-state index contributed by atoms with van der Waals surface area (Å²) in [6.07, 6.45) is 3.79. The van der Waals surface area contributed by atoms with Crippen molar-refractivity contribution in [3.63, 3.8) is 0 Å². The predicted octanol–water partition coefficient (Wildman–Crippen LogP) is 2.44. The van der Waals surface area contributed by atoms with Gasteiger partial charge >= 0.3 is 0 Å². The lowest BCUT2D eigenvalue weighted by atomic mass is 9.95. The van der Waals surface area contributed by atoms with Crippen LogP contribution in [-0.2, 0) is 17.6 Å². The molecule has 8 heteroatoms. The lowest BCUT2D eigenvalue weighted by Gasteiger charge is -2.29. The topological polar surface area (TPSA) is 93.9 Å². The molecule has 0 saturated carbocycles. The number of nitrogens with zero attached hydrogens (tertiary/aromatic N) is 1. The zero-order valence-corrected chi connectivity index (χ0v) is 17.2. The van der Waals surface area contributed by atoms with Crippen LogP contribution in [0.5, 0.6) is 11.5 Å². The van der Waals surface area contributed by atoms with E-state index >= 15 is 0 Å². The zero-order valence-electron chi connectivity index (χ0n) is 16.4. The number of anilines is 1. The number of aryl methyl sites for hydroxylation is 1. The summed E-state index contributed by atoms with van der Waals surface area (Å²) in [5.74, 6) is 0.812. The first-order valence-electron chi connectivity index (χ1n) is 9.82. The highest BCUT2D eigenvalue weighted by Crippen LogP contribution is 2.38. The second-order valence-electron chi connectivity index (χ2n) is 7.52. The van der Waals surface area contributed by atoms with Gasteiger partial charge in [-0.1, -0.05) is 12.1 Å². The minimum absolute atomic E-state index is 0.155. The van der Waals surface area contributed by atoms with Gasteiger partial charge in [0.15, 0.2) is 11.5 Å². The van der Waals surface area contributed by atoms with Gasteiger partial charge in [-0.15, -0.1) is 11.3 Å². The fraction of sp³-hybridized carbons (Fsp3) is 0.429. The molecule has 0 fully saturated rings. The summed E-state index contributed by atoms with van der Waals surface area (Å²) in [6, 6.07) is 7.55. The molecular formula is C21H25N3O4S. The van der Waals surface area contributed by atoms with Crippen LogP contribution in [0.4, 0.5) is 5.00 Å². The van der Waals surface area contributed by atoms with Crippen LogP contribution >= 0.6 is 11.3 Å². The average molecular weight is 416 g/mol. The van der Waals surface area contributed by atoms with Gasteiger partial charge in [-0.2, -0.15) is 0 Å². The molecule has 0 spiro atoms. The van der Waals surface area contributed by atoms with Crippen LogP contribution in [0.2, 0.25) is 0 Å². The second-order valence-corrected chi connectivity index (χ2v) is 8.63. The van der Waals surface area contributed by atoms with Crippen molar-refractivity contribution < 1.29 is 19.1 Å². The van der Waals surface area contributed by atoms with Crippen LogP contribution in [0.3, 0.4) is 0 Å². The number of carbonyl (C=O) groups excluding carboxylic acids is 2. The Bertz CT molecular complexity index is 927. The Kier molecular flexibility index (Phi) is 5.73. The van der Waals surface area contributed by atoms with Crippen molar-refractivity contribution in [1.82, 2.24) is 4.90 Å². The van der Waals surface area contributed by atoms with E-state index in [2.05, 4.69) is 5.32 Å². The lowest BCUT2D eigenvalue weighted by molar-refractivity contribution is -0.117. The predicted molar refractivity (Wildman–Crippen MR) is 112 cm³/mol. The van der Waals surface area contributed by atoms with Crippen LogP contribution < -0.4 is 20.5 Å². The van der Waals surface area contributed by atoms with Crippen LogP contribution in [-0.4, -0.2) is 49.6 Å². The Morgan fingerprint density at radius 2 is 2.00 bits per heavy atom. The maximum atomic E-state index is 12.6. The van der Waals surface area contributed by atoms with E-state index in [1.165, 1.54) is 16.2 Å². The van der Waals surface area contributed by atoms with Gasteiger partial charge in [0.2, 0.25) is 5.91 Å². The number of likely N-dealkylation sites (N-methyl/N-ethyl adjacent to an activating group) is 1. The van der Waals surface area contributed by atoms with E-state index in [1.54, 1.807) is 0 Å². The van der Waals surface area contributed by atoms with E-state index in [9.17, 15) is 9.59 Å². The summed E-state index contributed by atoms with van der Waals surface area (Å²) < 4.78 is 11.7. The number of benzene rings is 1. The van der Waals surface area contributed by atoms with Crippen molar-refractivity contribution in [3.8, 4) is 11.5 Å². The molecule has 154 valence electrons. The van der Waals surface area contributed by atoms with Crippen molar-refractivity contribution in [3.05, 3.63) is 40.3 Å². The van der Waals surface area contributed by atoms with Crippen LogP contribution in [0.25, 0.3) is 0 Å². The first kappa shape index (κ1) is 19.7. The number of nitrogens with two attached hydrogens (primary N) is 1. The highest BCUT2D eigenvalue weighted by Gasteiger charge is 2.26. The summed E-state index contributed by atoms with van der Waals surface area (Å²) in [7, 11) is 1.86. The third-order valence-corrected chi connectivity index (χ3v) is 6.37. The fourth-order valence-electron chi connectivity index (χ4n) is 3.89. The van der Waals surface area contributed by atoms with Gasteiger partial charge in [0.05, 0.1) is 12.1 Å². The maximum absolute atomic E-state index is 12.6. The minimum atomic E-state index is -0.473. The van der Waals surface area contributed by atoms with E-state index in [0.29, 0.717) is 23.7 Å². The van der Waals surface area contributed by atoms with Gasteiger partial charge in [0.1, 0.15) is 17.7 Å². The third kappa shape index (κ3) is 4.38. The van der Waals surface area contributed by atoms with E-state index in [1.807, 2.05) is 36.2 Å². The molecule has 2 aliphatic rings. The molecule has 1 atom stereocenters. The first-order valence-corrected chi connectivity index (χ1v) is 10.6. The molecule has 0 saturated heterocycles. The van der Waals surface area contributed by atoms with Crippen LogP contribution in [0, 0.1) is 0 Å². The van der Waals surface area contributed by atoms with Gasteiger partial charge < -0.3 is 20.5 Å². The second kappa shape index (κ2) is 8.42. The highest BCUT2D eigenvalue weighted by atomic mass is 32.1. The number of hydrogen-bond donors (Lipinski definition) is 2. The monoisotopic (exact) mass is 415 g/mol. The molecule has 0 bridgehead atoms. The molecule has 1 unspecified atom stereocenters. The largest absolute Gasteiger partial charge is 0.486 e. The third-order valence-electron chi connectivity index (χ3n) is 5.17. The summed E-state index contributed by atoms with van der Waals surface area (Å²) >= 11 is 1.48. The van der Waals surface area contributed by atoms with E-state index in [0.717, 1.165) is 42.7 Å². The molecule has 7 nitrogen and oxygen atoms in total. The molecular weight excluding hydrogens is 390 g/mol. The van der Waals surface area contributed by atoms with Crippen molar-refractivity contribution in [2.24, 2.45) is 5.73 Å². The number of rotatable bonds is 6. The summed E-state index contributed by atoms with van der Waals surface area (Å²) in [5, 5.41) is 3.48. The van der Waals surface area contributed by atoms with Gasteiger partial charge in [0, 0.05) is 11.4 Å². The molecule has 29 heavy (non-hydrogen) atoms. The van der Waals surface area contributed by atoms with Crippen LogP contribution in [0.15, 0.2) is 24.3 Å². The number of nitrogens with one attached hydrogen (secondary N) is 1. The summed E-state index contributed by atoms with van der Waals surface area (Å²) in [6.45, 7) is 1.17. The number of amides is 2. The SMILES string of the molecule is CN(CC(=O)Nc1sc2c(c1C(N)=O)CCCC2)CC1COc2ccccc2O1. The van der Waals surface area contributed by atoms with Crippen molar-refractivity contribution in [2.75, 3.05) is 32.1 Å². The molecule has 3 N–H and O–H groups in total. The Balaban J connectivity index is 1.35. The summed E-state index contributed by atoms with van der Waals surface area (Å²) in [5.41, 5.74) is 7.10. The number of hydrogen-bond acceptors (Lipinski definition) is 6. The molecule has 1 aromatic carbocycles.